The molecule has 2 aromatic heterocycles. The first-order valence-corrected chi connectivity index (χ1v) is 9.66. The highest BCUT2D eigenvalue weighted by atomic mass is 16.2. The molecule has 0 aliphatic carbocycles. The lowest BCUT2D eigenvalue weighted by Crippen LogP contribution is -2.37. The number of nitrogens with one attached hydrogen (secondary N) is 2. The molecular weight excluding hydrogens is 324 g/mol. The summed E-state index contributed by atoms with van der Waals surface area (Å²) in [6, 6.07) is 6.20. The number of amides is 1. The molecule has 2 aliphatic heterocycles. The van der Waals surface area contributed by atoms with Crippen molar-refractivity contribution in [2.45, 2.75) is 65.5 Å². The van der Waals surface area contributed by atoms with E-state index in [9.17, 15) is 4.79 Å². The van der Waals surface area contributed by atoms with Crippen LogP contribution in [0.5, 0.6) is 0 Å². The number of aromatic nitrogens is 2. The maximum absolute atomic E-state index is 13.1. The number of H-pyrrole nitrogens is 1. The van der Waals surface area contributed by atoms with Crippen LogP contribution in [0.2, 0.25) is 0 Å². The average Bonchev–Trinajstić information content (AvgIpc) is 3.19. The minimum Gasteiger partial charge on any atom is -0.361 e. The van der Waals surface area contributed by atoms with E-state index in [4.69, 9.17) is 4.98 Å². The van der Waals surface area contributed by atoms with Crippen LogP contribution in [0.1, 0.15) is 69.3 Å². The summed E-state index contributed by atoms with van der Waals surface area (Å²) < 4.78 is 0. The molecule has 0 fully saturated rings. The molecule has 0 spiro atoms. The molecule has 4 rings (SSSR count). The van der Waals surface area contributed by atoms with E-state index >= 15 is 0 Å². The van der Waals surface area contributed by atoms with Gasteiger partial charge in [0.05, 0.1) is 12.2 Å². The third kappa shape index (κ3) is 3.11. The Morgan fingerprint density at radius 1 is 1.23 bits per heavy atom. The Labute approximate surface area is 155 Å². The number of rotatable bonds is 0. The maximum Gasteiger partial charge on any atom is 0.228 e. The highest BCUT2D eigenvalue weighted by molar-refractivity contribution is 5.83. The van der Waals surface area contributed by atoms with Crippen LogP contribution in [0.4, 0.5) is 11.5 Å². The van der Waals surface area contributed by atoms with E-state index in [1.807, 2.05) is 17.2 Å². The van der Waals surface area contributed by atoms with Crippen molar-refractivity contribution in [1.29, 1.82) is 0 Å². The third-order valence-electron chi connectivity index (χ3n) is 5.87. The van der Waals surface area contributed by atoms with Crippen LogP contribution in [0.15, 0.2) is 24.4 Å². The molecule has 1 atom stereocenters. The minimum atomic E-state index is -0.309. The summed E-state index contributed by atoms with van der Waals surface area (Å²) in [5.41, 5.74) is 4.17. The molecule has 0 saturated carbocycles. The number of anilines is 2. The summed E-state index contributed by atoms with van der Waals surface area (Å²) in [6.45, 7) is 7.76. The van der Waals surface area contributed by atoms with Gasteiger partial charge in [-0.15, -0.1) is 0 Å². The van der Waals surface area contributed by atoms with E-state index < -0.39 is 0 Å². The van der Waals surface area contributed by atoms with Crippen molar-refractivity contribution in [2.24, 2.45) is 5.41 Å². The quantitative estimate of drug-likeness (QED) is 0.722. The van der Waals surface area contributed by atoms with Crippen LogP contribution >= 0.6 is 0 Å². The Bertz CT molecular complexity index is 823. The second kappa shape index (κ2) is 6.45. The number of aromatic amines is 1. The summed E-state index contributed by atoms with van der Waals surface area (Å²) in [5.74, 6) is 1.55. The van der Waals surface area contributed by atoms with Gasteiger partial charge in [0.2, 0.25) is 5.91 Å². The number of carbonyl (C=O) groups excluding carboxylic acids is 1. The summed E-state index contributed by atoms with van der Waals surface area (Å²) in [4.78, 5) is 23.2. The van der Waals surface area contributed by atoms with Gasteiger partial charge < -0.3 is 15.2 Å². The molecule has 4 bridgehead atoms. The highest BCUT2D eigenvalue weighted by Crippen LogP contribution is 2.36. The van der Waals surface area contributed by atoms with Crippen molar-refractivity contribution in [3.63, 3.8) is 0 Å². The Morgan fingerprint density at radius 2 is 2.08 bits per heavy atom. The Hall–Kier alpha value is -2.30. The van der Waals surface area contributed by atoms with Crippen LogP contribution in [-0.4, -0.2) is 20.8 Å². The minimum absolute atomic E-state index is 0.259. The number of pyridine rings is 1. The normalized spacial score (nSPS) is 22.5. The largest absolute Gasteiger partial charge is 0.361 e. The number of carbonyl (C=O) groups is 1. The van der Waals surface area contributed by atoms with Crippen molar-refractivity contribution in [3.8, 4) is 0 Å². The zero-order chi connectivity index (χ0) is 18.3. The fraction of sp³-hybridized carbons (Fsp3) is 0.524. The zero-order valence-electron chi connectivity index (χ0n) is 15.9. The van der Waals surface area contributed by atoms with Gasteiger partial charge in [0.1, 0.15) is 5.82 Å². The number of nitrogens with zero attached hydrogens (tertiary/aromatic N) is 2. The average molecular weight is 352 g/mol. The molecule has 0 saturated heterocycles. The summed E-state index contributed by atoms with van der Waals surface area (Å²) >= 11 is 0. The van der Waals surface area contributed by atoms with Crippen LogP contribution < -0.4 is 5.32 Å². The molecule has 0 radical (unpaired) electrons. The SMILES string of the molecule is CC1CCCCC(C)(C)C(=O)N2Cc3[nH]cc(c3C2)Nc2cccc1n2. The molecular formula is C21H28N4O. The smallest absolute Gasteiger partial charge is 0.228 e. The standard InChI is InChI=1S/C21H28N4O/c1-14-7-4-5-10-21(2,3)20(26)25-12-15-17(11-22-18(15)13-25)24-19-9-6-8-16(14)23-19/h6,8-9,11,14,22H,4-5,7,10,12-13H2,1-3H3,(H,23,24). The van der Waals surface area contributed by atoms with Gasteiger partial charge in [-0.3, -0.25) is 4.79 Å². The molecule has 2 N–H and O–H groups in total. The summed E-state index contributed by atoms with van der Waals surface area (Å²) in [6.07, 6.45) is 6.23. The van der Waals surface area contributed by atoms with Crippen molar-refractivity contribution in [3.05, 3.63) is 41.3 Å². The third-order valence-corrected chi connectivity index (χ3v) is 5.87. The number of fused-ring (bicyclic) bond motifs is 3. The van der Waals surface area contributed by atoms with E-state index in [1.165, 1.54) is 5.56 Å². The van der Waals surface area contributed by atoms with Crippen molar-refractivity contribution < 1.29 is 4.79 Å². The lowest BCUT2D eigenvalue weighted by Gasteiger charge is -2.29. The first-order chi connectivity index (χ1) is 12.4. The topological polar surface area (TPSA) is 61.0 Å². The van der Waals surface area contributed by atoms with Crippen LogP contribution in [0, 0.1) is 5.41 Å². The van der Waals surface area contributed by atoms with Gasteiger partial charge >= 0.3 is 0 Å². The van der Waals surface area contributed by atoms with Crippen molar-refractivity contribution >= 4 is 17.4 Å². The molecule has 4 heterocycles. The van der Waals surface area contributed by atoms with Gasteiger partial charge in [-0.05, 0) is 30.9 Å². The number of hydrogen-bond donors (Lipinski definition) is 2. The Balaban J connectivity index is 1.68. The predicted octanol–water partition coefficient (Wildman–Crippen LogP) is 4.70. The van der Waals surface area contributed by atoms with E-state index in [2.05, 4.69) is 43.2 Å². The van der Waals surface area contributed by atoms with Crippen molar-refractivity contribution in [1.82, 2.24) is 14.9 Å². The van der Waals surface area contributed by atoms with Gasteiger partial charge in [0.25, 0.3) is 0 Å². The van der Waals surface area contributed by atoms with E-state index in [-0.39, 0.29) is 11.3 Å². The first-order valence-electron chi connectivity index (χ1n) is 9.66. The molecule has 2 aliphatic rings. The van der Waals surface area contributed by atoms with Gasteiger partial charge in [-0.25, -0.2) is 4.98 Å². The molecule has 1 unspecified atom stereocenters. The Kier molecular flexibility index (Phi) is 4.25. The Morgan fingerprint density at radius 3 is 2.92 bits per heavy atom. The fourth-order valence-electron chi connectivity index (χ4n) is 4.14. The second-order valence-electron chi connectivity index (χ2n) is 8.42. The summed E-state index contributed by atoms with van der Waals surface area (Å²) in [5, 5.41) is 3.46. The molecule has 5 heteroatoms. The lowest BCUT2D eigenvalue weighted by atomic mass is 9.84. The van der Waals surface area contributed by atoms with Crippen molar-refractivity contribution in [2.75, 3.05) is 5.32 Å². The maximum atomic E-state index is 13.1. The first kappa shape index (κ1) is 17.1. The number of hydrogen-bond acceptors (Lipinski definition) is 3. The van der Waals surface area contributed by atoms with E-state index in [1.54, 1.807) is 0 Å². The zero-order valence-corrected chi connectivity index (χ0v) is 15.9. The second-order valence-corrected chi connectivity index (χ2v) is 8.42. The van der Waals surface area contributed by atoms with Gasteiger partial charge in [0.15, 0.2) is 0 Å². The van der Waals surface area contributed by atoms with Gasteiger partial charge in [-0.1, -0.05) is 39.7 Å². The molecule has 138 valence electrons. The molecule has 2 aromatic rings. The molecule has 1 amide bonds. The molecule has 0 aromatic carbocycles. The molecule has 26 heavy (non-hydrogen) atoms. The van der Waals surface area contributed by atoms with Crippen LogP contribution in [-0.2, 0) is 17.9 Å². The van der Waals surface area contributed by atoms with Gasteiger partial charge in [0, 0.05) is 35.1 Å². The monoisotopic (exact) mass is 352 g/mol. The predicted molar refractivity (Wildman–Crippen MR) is 103 cm³/mol. The lowest BCUT2D eigenvalue weighted by molar-refractivity contribution is -0.141. The highest BCUT2D eigenvalue weighted by Gasteiger charge is 2.36. The summed E-state index contributed by atoms with van der Waals surface area (Å²) in [7, 11) is 0. The van der Waals surface area contributed by atoms with Gasteiger partial charge in [-0.2, -0.15) is 0 Å². The molecule has 5 nitrogen and oxygen atoms in total. The fourth-order valence-corrected chi connectivity index (χ4v) is 4.14. The van der Waals surface area contributed by atoms with Crippen LogP contribution in [0.3, 0.4) is 0 Å². The van der Waals surface area contributed by atoms with E-state index in [0.717, 1.165) is 48.6 Å². The van der Waals surface area contributed by atoms with E-state index in [0.29, 0.717) is 19.0 Å². The van der Waals surface area contributed by atoms with Crippen LogP contribution in [0.25, 0.3) is 0 Å².